The van der Waals surface area contributed by atoms with Gasteiger partial charge in [0.2, 0.25) is 0 Å². The summed E-state index contributed by atoms with van der Waals surface area (Å²) in [6.07, 6.45) is 1.92. The lowest BCUT2D eigenvalue weighted by Gasteiger charge is -2.34. The predicted octanol–water partition coefficient (Wildman–Crippen LogP) is 3.24. The van der Waals surface area contributed by atoms with E-state index in [4.69, 9.17) is 11.6 Å². The fourth-order valence-electron chi connectivity index (χ4n) is 2.16. The normalized spacial score (nSPS) is 22.4. The first-order chi connectivity index (χ1) is 8.47. The van der Waals surface area contributed by atoms with E-state index >= 15 is 0 Å². The van der Waals surface area contributed by atoms with E-state index in [-0.39, 0.29) is 17.0 Å². The number of amides is 1. The summed E-state index contributed by atoms with van der Waals surface area (Å²) in [5.41, 5.74) is 0.327. The van der Waals surface area contributed by atoms with E-state index in [1.807, 2.05) is 0 Å². The lowest BCUT2D eigenvalue weighted by Crippen LogP contribution is -2.37. The second kappa shape index (κ2) is 5.49. The summed E-state index contributed by atoms with van der Waals surface area (Å²) >= 11 is 9.22. The molecule has 18 heavy (non-hydrogen) atoms. The molecule has 2 rings (SSSR count). The first-order valence-electron chi connectivity index (χ1n) is 5.85. The van der Waals surface area contributed by atoms with E-state index in [0.717, 1.165) is 17.3 Å². The van der Waals surface area contributed by atoms with Gasteiger partial charge in [-0.3, -0.25) is 4.79 Å². The molecule has 0 saturated heterocycles. The molecule has 5 heteroatoms. The monoisotopic (exact) mass is 331 g/mol. The van der Waals surface area contributed by atoms with Crippen LogP contribution in [0.2, 0.25) is 0 Å². The number of hydrogen-bond acceptors (Lipinski definition) is 2. The highest BCUT2D eigenvalue weighted by atomic mass is 79.9. The molecule has 0 aliphatic heterocycles. The molecular weight excluding hydrogens is 318 g/mol. The number of hydrogen-bond donors (Lipinski definition) is 1. The molecule has 1 aromatic rings. The third-order valence-corrected chi connectivity index (χ3v) is 4.10. The van der Waals surface area contributed by atoms with E-state index in [9.17, 15) is 9.90 Å². The average Bonchev–Trinajstić information content (AvgIpc) is 2.29. The standard InChI is InChI=1S/C13H15BrClNO2/c1-16(7-8-4-10(15)5-8)13(18)11-6-9(14)2-3-12(11)17/h2-3,6,8,10,17H,4-5,7H2,1H3. The minimum Gasteiger partial charge on any atom is -0.507 e. The fourth-order valence-corrected chi connectivity index (χ4v) is 3.02. The van der Waals surface area contributed by atoms with Crippen molar-refractivity contribution in [2.75, 3.05) is 13.6 Å². The van der Waals surface area contributed by atoms with Gasteiger partial charge in [-0.25, -0.2) is 0 Å². The first kappa shape index (κ1) is 13.7. The zero-order chi connectivity index (χ0) is 13.3. The van der Waals surface area contributed by atoms with Crippen LogP contribution >= 0.6 is 27.5 Å². The van der Waals surface area contributed by atoms with Crippen LogP contribution in [0, 0.1) is 5.92 Å². The second-order valence-corrected chi connectivity index (χ2v) is 6.31. The van der Waals surface area contributed by atoms with Gasteiger partial charge in [-0.1, -0.05) is 15.9 Å². The number of nitrogens with zero attached hydrogens (tertiary/aromatic N) is 1. The Morgan fingerprint density at radius 2 is 2.22 bits per heavy atom. The summed E-state index contributed by atoms with van der Waals surface area (Å²) in [7, 11) is 1.75. The SMILES string of the molecule is CN(CC1CC(Cl)C1)C(=O)c1cc(Br)ccc1O. The van der Waals surface area contributed by atoms with E-state index in [1.54, 1.807) is 24.1 Å². The molecule has 0 aromatic heterocycles. The van der Waals surface area contributed by atoms with Crippen LogP contribution in [0.5, 0.6) is 5.75 Å². The molecule has 0 bridgehead atoms. The van der Waals surface area contributed by atoms with Crippen LogP contribution in [0.15, 0.2) is 22.7 Å². The van der Waals surface area contributed by atoms with Crippen LogP contribution in [-0.4, -0.2) is 34.9 Å². The van der Waals surface area contributed by atoms with Gasteiger partial charge in [0, 0.05) is 23.4 Å². The number of rotatable bonds is 3. The van der Waals surface area contributed by atoms with E-state index in [2.05, 4.69) is 15.9 Å². The molecule has 0 radical (unpaired) electrons. The molecule has 1 saturated carbocycles. The van der Waals surface area contributed by atoms with Crippen LogP contribution < -0.4 is 0 Å². The Morgan fingerprint density at radius 1 is 1.56 bits per heavy atom. The highest BCUT2D eigenvalue weighted by Crippen LogP contribution is 2.32. The van der Waals surface area contributed by atoms with Gasteiger partial charge >= 0.3 is 0 Å². The topological polar surface area (TPSA) is 40.5 Å². The predicted molar refractivity (Wildman–Crippen MR) is 75.1 cm³/mol. The van der Waals surface area contributed by atoms with Crippen molar-refractivity contribution in [2.45, 2.75) is 18.2 Å². The van der Waals surface area contributed by atoms with E-state index in [1.165, 1.54) is 6.07 Å². The van der Waals surface area contributed by atoms with Crippen molar-refractivity contribution in [2.24, 2.45) is 5.92 Å². The summed E-state index contributed by atoms with van der Waals surface area (Å²) in [4.78, 5) is 13.8. The average molecular weight is 333 g/mol. The third kappa shape index (κ3) is 2.98. The van der Waals surface area contributed by atoms with Gasteiger partial charge in [-0.2, -0.15) is 0 Å². The first-order valence-corrected chi connectivity index (χ1v) is 7.08. The lowest BCUT2D eigenvalue weighted by atomic mass is 9.84. The van der Waals surface area contributed by atoms with Crippen molar-refractivity contribution in [3.05, 3.63) is 28.2 Å². The maximum absolute atomic E-state index is 12.2. The Kier molecular flexibility index (Phi) is 4.17. The summed E-state index contributed by atoms with van der Waals surface area (Å²) in [6, 6.07) is 4.86. The van der Waals surface area contributed by atoms with E-state index in [0.29, 0.717) is 18.0 Å². The smallest absolute Gasteiger partial charge is 0.257 e. The molecular formula is C13H15BrClNO2. The maximum atomic E-state index is 12.2. The molecule has 1 fully saturated rings. The van der Waals surface area contributed by atoms with Crippen LogP contribution in [-0.2, 0) is 0 Å². The van der Waals surface area contributed by atoms with Gasteiger partial charge in [0.1, 0.15) is 5.75 Å². The Morgan fingerprint density at radius 3 is 2.83 bits per heavy atom. The summed E-state index contributed by atoms with van der Waals surface area (Å²) < 4.78 is 0.779. The Hall–Kier alpha value is -0.740. The molecule has 1 aliphatic rings. The maximum Gasteiger partial charge on any atom is 0.257 e. The van der Waals surface area contributed by atoms with Gasteiger partial charge in [0.15, 0.2) is 0 Å². The number of alkyl halides is 1. The Balaban J connectivity index is 2.03. The molecule has 1 amide bonds. The zero-order valence-electron chi connectivity index (χ0n) is 10.1. The largest absolute Gasteiger partial charge is 0.507 e. The molecule has 0 heterocycles. The summed E-state index contributed by atoms with van der Waals surface area (Å²) in [5.74, 6) is 0.335. The van der Waals surface area contributed by atoms with Gasteiger partial charge < -0.3 is 10.0 Å². The highest BCUT2D eigenvalue weighted by Gasteiger charge is 2.29. The summed E-state index contributed by atoms with van der Waals surface area (Å²) in [5, 5.41) is 9.97. The number of phenols is 1. The van der Waals surface area contributed by atoms with Crippen LogP contribution in [0.4, 0.5) is 0 Å². The minimum atomic E-state index is -0.160. The lowest BCUT2D eigenvalue weighted by molar-refractivity contribution is 0.0744. The van der Waals surface area contributed by atoms with Crippen molar-refractivity contribution < 1.29 is 9.90 Å². The minimum absolute atomic E-state index is 0.0129. The number of carbonyl (C=O) groups excluding carboxylic acids is 1. The third-order valence-electron chi connectivity index (χ3n) is 3.25. The van der Waals surface area contributed by atoms with Crippen LogP contribution in [0.25, 0.3) is 0 Å². The number of halogens is 2. The second-order valence-electron chi connectivity index (χ2n) is 4.78. The van der Waals surface area contributed by atoms with Crippen molar-refractivity contribution in [3.8, 4) is 5.75 Å². The highest BCUT2D eigenvalue weighted by molar-refractivity contribution is 9.10. The Labute approximate surface area is 120 Å². The fraction of sp³-hybridized carbons (Fsp3) is 0.462. The summed E-state index contributed by atoms with van der Waals surface area (Å²) in [6.45, 7) is 0.688. The van der Waals surface area contributed by atoms with Gasteiger partial charge in [0.25, 0.3) is 5.91 Å². The molecule has 1 aromatic carbocycles. The number of carbonyl (C=O) groups is 1. The van der Waals surface area contributed by atoms with Crippen LogP contribution in [0.3, 0.4) is 0 Å². The molecule has 98 valence electrons. The number of benzene rings is 1. The van der Waals surface area contributed by atoms with Gasteiger partial charge in [-0.15, -0.1) is 11.6 Å². The van der Waals surface area contributed by atoms with Crippen molar-refractivity contribution >= 4 is 33.4 Å². The van der Waals surface area contributed by atoms with Gasteiger partial charge in [-0.05, 0) is 37.0 Å². The zero-order valence-corrected chi connectivity index (χ0v) is 12.4. The molecule has 3 nitrogen and oxygen atoms in total. The molecule has 0 atom stereocenters. The molecule has 0 unspecified atom stereocenters. The number of aromatic hydroxyl groups is 1. The van der Waals surface area contributed by atoms with Crippen molar-refractivity contribution in [3.63, 3.8) is 0 Å². The molecule has 0 spiro atoms. The quantitative estimate of drug-likeness (QED) is 0.863. The van der Waals surface area contributed by atoms with Crippen molar-refractivity contribution in [1.29, 1.82) is 0 Å². The van der Waals surface area contributed by atoms with Crippen molar-refractivity contribution in [1.82, 2.24) is 4.90 Å². The Bertz CT molecular complexity index is 460. The number of phenolic OH excluding ortho intramolecular Hbond substituents is 1. The molecule has 1 N–H and O–H groups in total. The van der Waals surface area contributed by atoms with E-state index < -0.39 is 0 Å². The van der Waals surface area contributed by atoms with Crippen LogP contribution in [0.1, 0.15) is 23.2 Å². The van der Waals surface area contributed by atoms with Gasteiger partial charge in [0.05, 0.1) is 5.56 Å². The molecule has 1 aliphatic carbocycles.